The summed E-state index contributed by atoms with van der Waals surface area (Å²) in [6.07, 6.45) is -5.14. The van der Waals surface area contributed by atoms with Crippen LogP contribution in [0.2, 0.25) is 15.1 Å². The number of carbonyl (C=O) groups excluding carboxylic acids is 1. The summed E-state index contributed by atoms with van der Waals surface area (Å²) >= 11 is 20.4. The molecule has 0 radical (unpaired) electrons. The molecule has 0 bridgehead atoms. The monoisotopic (exact) mass is 826 g/mol. The third kappa shape index (κ3) is 9.49. The number of carboxylic acid groups (broad SMARTS) is 1. The molecule has 0 saturated heterocycles. The zero-order valence-electron chi connectivity index (χ0n) is 25.1. The first-order valence-corrected chi connectivity index (χ1v) is 15.1. The van der Waals surface area contributed by atoms with Gasteiger partial charge in [-0.3, -0.25) is 4.68 Å². The summed E-state index contributed by atoms with van der Waals surface area (Å²) in [4.78, 5) is 22.6. The smallest absolute Gasteiger partial charge is 0.434 e. The van der Waals surface area contributed by atoms with Crippen LogP contribution in [0.25, 0.3) is 22.5 Å². The SMILES string of the molecule is CC(C)OC(=O)c1cc(-c2nn(C)c(C(F)(F)F)c2Br)c(F)cc1Cl.Cn1nc(-c2cc(OCC(=O)O)c(Cl)cc2F)c(Cl)c1OC(F)F. The van der Waals surface area contributed by atoms with Crippen molar-refractivity contribution in [1.82, 2.24) is 19.6 Å². The van der Waals surface area contributed by atoms with Gasteiger partial charge < -0.3 is 19.3 Å². The number of alkyl halides is 5. The van der Waals surface area contributed by atoms with E-state index in [0.717, 1.165) is 36.0 Å². The van der Waals surface area contributed by atoms with Gasteiger partial charge in [0, 0.05) is 25.2 Å². The standard InChI is InChI=1S/C15H12BrClF4N2O2.C13H9Cl2F3N2O4/c1-6(2)25-14(24)7-4-8(10(18)5-9(7)17)12-11(16)13(15(19,20)21)23(3)22-12;1-20-12(24-13(17)18)10(15)11(19-20)5-2-8(23-4-9(21)22)6(14)3-7(5)16/h4-6H,1-3H3;2-3,13H,4H2,1H3,(H,21,22). The Bertz CT molecular complexity index is 1890. The number of nitrogens with zero attached hydrogens (tertiary/aromatic N) is 4. The Labute approximate surface area is 295 Å². The van der Waals surface area contributed by atoms with E-state index in [1.165, 1.54) is 7.05 Å². The van der Waals surface area contributed by atoms with E-state index >= 15 is 0 Å². The average molecular weight is 829 g/mol. The molecule has 0 unspecified atom stereocenters. The quantitative estimate of drug-likeness (QED) is 0.132. The summed E-state index contributed by atoms with van der Waals surface area (Å²) < 4.78 is 108. The number of hydrogen-bond donors (Lipinski definition) is 1. The first-order valence-electron chi connectivity index (χ1n) is 13.1. The van der Waals surface area contributed by atoms with Crippen LogP contribution in [0.1, 0.15) is 29.9 Å². The second-order valence-electron chi connectivity index (χ2n) is 9.81. The molecule has 1 N–H and O–H groups in total. The predicted molar refractivity (Wildman–Crippen MR) is 165 cm³/mol. The van der Waals surface area contributed by atoms with Crippen LogP contribution < -0.4 is 9.47 Å². The maximum atomic E-state index is 14.3. The molecule has 0 aliphatic carbocycles. The van der Waals surface area contributed by atoms with Crippen molar-refractivity contribution >= 4 is 62.7 Å². The lowest BCUT2D eigenvalue weighted by Crippen LogP contribution is -2.12. The van der Waals surface area contributed by atoms with Gasteiger partial charge in [0.15, 0.2) is 12.3 Å². The van der Waals surface area contributed by atoms with Gasteiger partial charge in [-0.25, -0.2) is 23.1 Å². The Kier molecular flexibility index (Phi) is 12.9. The summed E-state index contributed by atoms with van der Waals surface area (Å²) in [5.41, 5.74) is -2.27. The van der Waals surface area contributed by atoms with Gasteiger partial charge in [-0.2, -0.15) is 32.1 Å². The number of esters is 1. The Balaban J connectivity index is 0.000000266. The van der Waals surface area contributed by atoms with Crippen molar-refractivity contribution in [3.8, 4) is 34.1 Å². The van der Waals surface area contributed by atoms with Crippen LogP contribution in [0.15, 0.2) is 28.7 Å². The first-order chi connectivity index (χ1) is 22.6. The van der Waals surface area contributed by atoms with Crippen molar-refractivity contribution < 1.29 is 59.6 Å². The third-order valence-corrected chi connectivity index (χ3v) is 7.60. The molecule has 49 heavy (non-hydrogen) atoms. The molecule has 0 fully saturated rings. The van der Waals surface area contributed by atoms with Gasteiger partial charge >= 0.3 is 24.7 Å². The van der Waals surface area contributed by atoms with Gasteiger partial charge in [0.2, 0.25) is 5.88 Å². The fraction of sp³-hybridized carbons (Fsp3) is 0.286. The van der Waals surface area contributed by atoms with E-state index in [2.05, 4.69) is 30.9 Å². The van der Waals surface area contributed by atoms with Crippen LogP contribution in [0.3, 0.4) is 0 Å². The minimum Gasteiger partial charge on any atom is -0.480 e. The van der Waals surface area contributed by atoms with Gasteiger partial charge in [-0.15, -0.1) is 0 Å². The number of rotatable bonds is 9. The zero-order chi connectivity index (χ0) is 37.1. The summed E-state index contributed by atoms with van der Waals surface area (Å²) in [5, 5.41) is 15.4. The van der Waals surface area contributed by atoms with E-state index in [9.17, 15) is 40.3 Å². The van der Waals surface area contributed by atoms with E-state index < -0.39 is 65.1 Å². The number of ether oxygens (including phenoxy) is 3. The third-order valence-electron chi connectivity index (χ3n) is 5.90. The number of carbonyl (C=O) groups is 2. The molecule has 4 rings (SSSR count). The van der Waals surface area contributed by atoms with Gasteiger partial charge in [-0.05, 0) is 54.0 Å². The lowest BCUT2D eigenvalue weighted by molar-refractivity contribution is -0.144. The van der Waals surface area contributed by atoms with E-state index in [1.807, 2.05) is 0 Å². The van der Waals surface area contributed by atoms with Gasteiger partial charge in [0.25, 0.3) is 0 Å². The van der Waals surface area contributed by atoms with Crippen LogP contribution in [0, 0.1) is 11.6 Å². The minimum atomic E-state index is -4.69. The van der Waals surface area contributed by atoms with E-state index in [-0.39, 0.29) is 48.9 Å². The molecule has 0 amide bonds. The summed E-state index contributed by atoms with van der Waals surface area (Å²) in [7, 11) is 2.36. The molecule has 10 nitrogen and oxygen atoms in total. The van der Waals surface area contributed by atoms with Crippen molar-refractivity contribution in [2.24, 2.45) is 14.1 Å². The van der Waals surface area contributed by atoms with Crippen molar-refractivity contribution in [3.63, 3.8) is 0 Å². The molecule has 0 aliphatic heterocycles. The molecule has 0 spiro atoms. The fourth-order valence-electron chi connectivity index (χ4n) is 3.97. The Hall–Kier alpha value is -3.74. The van der Waals surface area contributed by atoms with E-state index in [1.54, 1.807) is 13.8 Å². The molecule has 4 aromatic rings. The first kappa shape index (κ1) is 39.7. The molecule has 21 heteroatoms. The minimum absolute atomic E-state index is 0.131. The molecular formula is C28H21BrCl3F7N4O6. The summed E-state index contributed by atoms with van der Waals surface area (Å²) in [6, 6.07) is 3.80. The second-order valence-corrected chi connectivity index (χ2v) is 11.8. The highest BCUT2D eigenvalue weighted by atomic mass is 79.9. The average Bonchev–Trinajstić information content (AvgIpc) is 3.41. The number of halogens is 11. The number of benzene rings is 2. The highest BCUT2D eigenvalue weighted by Gasteiger charge is 2.39. The van der Waals surface area contributed by atoms with Crippen LogP contribution in [0.4, 0.5) is 30.7 Å². The number of carboxylic acids is 1. The summed E-state index contributed by atoms with van der Waals surface area (Å²) in [5.74, 6) is -4.44. The van der Waals surface area contributed by atoms with E-state index in [4.69, 9.17) is 49.4 Å². The normalized spacial score (nSPS) is 11.4. The maximum absolute atomic E-state index is 14.3. The van der Waals surface area contributed by atoms with Gasteiger partial charge in [-0.1, -0.05) is 34.8 Å². The maximum Gasteiger partial charge on any atom is 0.434 e. The highest BCUT2D eigenvalue weighted by Crippen LogP contribution is 2.42. The number of aromatic nitrogens is 4. The van der Waals surface area contributed by atoms with Crippen LogP contribution in [-0.2, 0) is 29.8 Å². The van der Waals surface area contributed by atoms with Crippen molar-refractivity contribution in [1.29, 1.82) is 0 Å². The van der Waals surface area contributed by atoms with Crippen LogP contribution in [-0.4, -0.2) is 55.9 Å². The molecule has 0 aliphatic rings. The van der Waals surface area contributed by atoms with Crippen LogP contribution >= 0.6 is 50.7 Å². The van der Waals surface area contributed by atoms with Crippen molar-refractivity contribution in [2.75, 3.05) is 6.61 Å². The largest absolute Gasteiger partial charge is 0.480 e. The zero-order valence-corrected chi connectivity index (χ0v) is 29.0. The molecule has 2 aromatic heterocycles. The molecule has 2 aromatic carbocycles. The highest BCUT2D eigenvalue weighted by molar-refractivity contribution is 9.10. The number of hydrogen-bond acceptors (Lipinski definition) is 7. The second kappa shape index (κ2) is 15.9. The molecule has 0 saturated carbocycles. The van der Waals surface area contributed by atoms with Crippen molar-refractivity contribution in [2.45, 2.75) is 32.7 Å². The van der Waals surface area contributed by atoms with E-state index in [0.29, 0.717) is 4.68 Å². The lowest BCUT2D eigenvalue weighted by atomic mass is 10.1. The predicted octanol–water partition coefficient (Wildman–Crippen LogP) is 8.82. The Morgan fingerprint density at radius 2 is 1.49 bits per heavy atom. The number of aliphatic carboxylic acids is 1. The molecule has 2 heterocycles. The molecule has 0 atom stereocenters. The van der Waals surface area contributed by atoms with Crippen LogP contribution in [0.5, 0.6) is 11.6 Å². The molecule has 266 valence electrons. The summed E-state index contributed by atoms with van der Waals surface area (Å²) in [6.45, 7) is -0.627. The Morgan fingerprint density at radius 3 is 2.00 bits per heavy atom. The number of aryl methyl sites for hydroxylation is 2. The molecular weight excluding hydrogens is 808 g/mol. The van der Waals surface area contributed by atoms with Crippen molar-refractivity contribution in [3.05, 3.63) is 66.7 Å². The lowest BCUT2D eigenvalue weighted by Gasteiger charge is -2.11. The topological polar surface area (TPSA) is 118 Å². The van der Waals surface area contributed by atoms with Gasteiger partial charge in [0.05, 0.1) is 26.2 Å². The van der Waals surface area contributed by atoms with Gasteiger partial charge in [0.1, 0.15) is 33.8 Å². The Morgan fingerprint density at radius 1 is 0.939 bits per heavy atom. The fourth-order valence-corrected chi connectivity index (χ4v) is 5.48.